The first-order chi connectivity index (χ1) is 10.1. The third-order valence-corrected chi connectivity index (χ3v) is 3.95. The lowest BCUT2D eigenvalue weighted by Crippen LogP contribution is -2.34. The molecule has 1 saturated heterocycles. The zero-order chi connectivity index (χ0) is 15.2. The minimum absolute atomic E-state index is 0.0138. The molecule has 4 nitrogen and oxygen atoms in total. The Morgan fingerprint density at radius 1 is 1.33 bits per heavy atom. The van der Waals surface area contributed by atoms with Crippen molar-refractivity contribution in [3.05, 3.63) is 35.1 Å². The van der Waals surface area contributed by atoms with E-state index >= 15 is 0 Å². The molecule has 0 spiro atoms. The van der Waals surface area contributed by atoms with E-state index in [9.17, 15) is 9.18 Å². The van der Waals surface area contributed by atoms with Gasteiger partial charge >= 0.3 is 5.97 Å². The van der Waals surface area contributed by atoms with Crippen LogP contribution in [0.15, 0.2) is 18.2 Å². The molecule has 0 aliphatic carbocycles. The Morgan fingerprint density at radius 3 is 2.62 bits per heavy atom. The second-order valence-corrected chi connectivity index (χ2v) is 5.48. The average molecular weight is 295 g/mol. The number of hydrogen-bond donors (Lipinski definition) is 0. The van der Waals surface area contributed by atoms with E-state index in [4.69, 9.17) is 4.74 Å². The van der Waals surface area contributed by atoms with E-state index in [0.717, 1.165) is 38.1 Å². The van der Waals surface area contributed by atoms with Gasteiger partial charge in [-0.05, 0) is 49.5 Å². The number of nitrogens with zero attached hydrogens (tertiary/aromatic N) is 1. The molecule has 0 N–H and O–H groups in total. The van der Waals surface area contributed by atoms with Crippen LogP contribution in [0.25, 0.3) is 0 Å². The first kappa shape index (κ1) is 15.9. The van der Waals surface area contributed by atoms with Crippen LogP contribution in [0.3, 0.4) is 0 Å². The van der Waals surface area contributed by atoms with Crippen LogP contribution in [0, 0.1) is 11.7 Å². The number of carbonyl (C=O) groups is 1. The summed E-state index contributed by atoms with van der Waals surface area (Å²) in [4.78, 5) is 13.7. The normalized spacial score (nSPS) is 16.9. The molecule has 0 radical (unpaired) electrons. The molecule has 1 aromatic carbocycles. The third-order valence-electron chi connectivity index (χ3n) is 3.95. The summed E-state index contributed by atoms with van der Waals surface area (Å²) < 4.78 is 23.6. The second kappa shape index (κ2) is 7.52. The van der Waals surface area contributed by atoms with Crippen LogP contribution in [0.1, 0.15) is 28.8 Å². The Hall–Kier alpha value is -1.46. The standard InChI is InChI=1S/C16H22FNO3/c1-20-11-12-5-7-18(8-6-12)10-13-3-4-14(15(17)9-13)16(19)21-2/h3-4,9,12H,5-8,10-11H2,1-2H3. The van der Waals surface area contributed by atoms with Gasteiger partial charge in [0.15, 0.2) is 0 Å². The number of hydrogen-bond acceptors (Lipinski definition) is 4. The lowest BCUT2D eigenvalue weighted by Gasteiger charge is -2.31. The summed E-state index contributed by atoms with van der Waals surface area (Å²) in [6.45, 7) is 3.51. The fraction of sp³-hybridized carbons (Fsp3) is 0.562. The topological polar surface area (TPSA) is 38.8 Å². The maximum atomic E-state index is 13.9. The van der Waals surface area contributed by atoms with E-state index in [1.165, 1.54) is 19.2 Å². The molecule has 1 aliphatic heterocycles. The Bertz CT molecular complexity index is 484. The summed E-state index contributed by atoms with van der Waals surface area (Å²) >= 11 is 0. The highest BCUT2D eigenvalue weighted by Gasteiger charge is 2.20. The SMILES string of the molecule is COCC1CCN(Cc2ccc(C(=O)OC)c(F)c2)CC1. The van der Waals surface area contributed by atoms with Crippen LogP contribution in [-0.2, 0) is 16.0 Å². The maximum absolute atomic E-state index is 13.9. The Labute approximate surface area is 124 Å². The van der Waals surface area contributed by atoms with Crippen LogP contribution in [-0.4, -0.2) is 44.8 Å². The Morgan fingerprint density at radius 2 is 2.05 bits per heavy atom. The molecule has 0 bridgehead atoms. The lowest BCUT2D eigenvalue weighted by molar-refractivity contribution is 0.0595. The van der Waals surface area contributed by atoms with Crippen molar-refractivity contribution in [2.24, 2.45) is 5.92 Å². The van der Waals surface area contributed by atoms with Crippen LogP contribution >= 0.6 is 0 Å². The van der Waals surface area contributed by atoms with Crippen molar-refractivity contribution in [1.29, 1.82) is 0 Å². The van der Waals surface area contributed by atoms with Gasteiger partial charge in [0.25, 0.3) is 0 Å². The number of carbonyl (C=O) groups excluding carboxylic acids is 1. The number of esters is 1. The molecule has 116 valence electrons. The lowest BCUT2D eigenvalue weighted by atomic mass is 9.97. The van der Waals surface area contributed by atoms with Gasteiger partial charge in [0.1, 0.15) is 5.82 Å². The number of likely N-dealkylation sites (tertiary alicyclic amines) is 1. The minimum Gasteiger partial charge on any atom is -0.465 e. The molecule has 21 heavy (non-hydrogen) atoms. The van der Waals surface area contributed by atoms with Crippen LogP contribution in [0.2, 0.25) is 0 Å². The molecule has 0 saturated carbocycles. The van der Waals surface area contributed by atoms with Gasteiger partial charge in [0.05, 0.1) is 12.7 Å². The highest BCUT2D eigenvalue weighted by atomic mass is 19.1. The van der Waals surface area contributed by atoms with E-state index < -0.39 is 11.8 Å². The molecule has 0 unspecified atom stereocenters. The predicted octanol–water partition coefficient (Wildman–Crippen LogP) is 2.47. The first-order valence-electron chi connectivity index (χ1n) is 7.22. The zero-order valence-corrected chi connectivity index (χ0v) is 12.6. The smallest absolute Gasteiger partial charge is 0.340 e. The molecule has 1 aromatic rings. The number of methoxy groups -OCH3 is 2. The van der Waals surface area contributed by atoms with Crippen LogP contribution < -0.4 is 0 Å². The average Bonchev–Trinajstić information content (AvgIpc) is 2.49. The first-order valence-corrected chi connectivity index (χ1v) is 7.22. The van der Waals surface area contributed by atoms with Crippen molar-refractivity contribution < 1.29 is 18.7 Å². The van der Waals surface area contributed by atoms with E-state index in [-0.39, 0.29) is 5.56 Å². The summed E-state index contributed by atoms with van der Waals surface area (Å²) in [5, 5.41) is 0. The summed E-state index contributed by atoms with van der Waals surface area (Å²) in [6, 6.07) is 4.71. The number of piperidine rings is 1. The minimum atomic E-state index is -0.639. The van der Waals surface area contributed by atoms with E-state index in [2.05, 4.69) is 9.64 Å². The molecule has 1 fully saturated rings. The van der Waals surface area contributed by atoms with Gasteiger partial charge in [-0.15, -0.1) is 0 Å². The molecule has 5 heteroatoms. The van der Waals surface area contributed by atoms with Crippen molar-refractivity contribution >= 4 is 5.97 Å². The van der Waals surface area contributed by atoms with E-state index in [1.807, 2.05) is 0 Å². The maximum Gasteiger partial charge on any atom is 0.340 e. The van der Waals surface area contributed by atoms with Crippen molar-refractivity contribution in [3.8, 4) is 0 Å². The largest absolute Gasteiger partial charge is 0.465 e. The molecule has 2 rings (SSSR count). The van der Waals surface area contributed by atoms with Gasteiger partial charge in [0.2, 0.25) is 0 Å². The van der Waals surface area contributed by atoms with E-state index in [0.29, 0.717) is 12.5 Å². The van der Waals surface area contributed by atoms with Crippen molar-refractivity contribution in [2.45, 2.75) is 19.4 Å². The number of benzene rings is 1. The fourth-order valence-corrected chi connectivity index (χ4v) is 2.74. The highest BCUT2D eigenvalue weighted by Crippen LogP contribution is 2.20. The van der Waals surface area contributed by atoms with Crippen LogP contribution in [0.4, 0.5) is 4.39 Å². The molecule has 1 heterocycles. The number of ether oxygens (including phenoxy) is 2. The third kappa shape index (κ3) is 4.25. The summed E-state index contributed by atoms with van der Waals surface area (Å²) in [6.07, 6.45) is 2.22. The Kier molecular flexibility index (Phi) is 5.70. The molecule has 0 aromatic heterocycles. The number of halogens is 1. The molecule has 1 aliphatic rings. The predicted molar refractivity (Wildman–Crippen MR) is 77.6 cm³/mol. The van der Waals surface area contributed by atoms with E-state index in [1.54, 1.807) is 13.2 Å². The summed E-state index contributed by atoms with van der Waals surface area (Å²) in [7, 11) is 2.98. The van der Waals surface area contributed by atoms with Crippen molar-refractivity contribution in [1.82, 2.24) is 4.90 Å². The quantitative estimate of drug-likeness (QED) is 0.782. The van der Waals surface area contributed by atoms with Gasteiger partial charge in [0, 0.05) is 20.3 Å². The van der Waals surface area contributed by atoms with Gasteiger partial charge in [-0.1, -0.05) is 6.07 Å². The summed E-state index contributed by atoms with van der Waals surface area (Å²) in [5.74, 6) is -0.530. The van der Waals surface area contributed by atoms with Gasteiger partial charge in [-0.3, -0.25) is 4.90 Å². The second-order valence-electron chi connectivity index (χ2n) is 5.48. The van der Waals surface area contributed by atoms with Gasteiger partial charge < -0.3 is 9.47 Å². The highest BCUT2D eigenvalue weighted by molar-refractivity contribution is 5.89. The Balaban J connectivity index is 1.92. The summed E-state index contributed by atoms with van der Waals surface area (Å²) in [5.41, 5.74) is 0.866. The molecule has 0 atom stereocenters. The monoisotopic (exact) mass is 295 g/mol. The zero-order valence-electron chi connectivity index (χ0n) is 12.6. The van der Waals surface area contributed by atoms with Gasteiger partial charge in [-0.2, -0.15) is 0 Å². The number of rotatable bonds is 5. The molecular weight excluding hydrogens is 273 g/mol. The van der Waals surface area contributed by atoms with Gasteiger partial charge in [-0.25, -0.2) is 9.18 Å². The van der Waals surface area contributed by atoms with Crippen molar-refractivity contribution in [2.75, 3.05) is 33.9 Å². The van der Waals surface area contributed by atoms with Crippen molar-refractivity contribution in [3.63, 3.8) is 0 Å². The van der Waals surface area contributed by atoms with Crippen LogP contribution in [0.5, 0.6) is 0 Å². The molecule has 0 amide bonds. The molecular formula is C16H22FNO3. The fourth-order valence-electron chi connectivity index (χ4n) is 2.74.